The van der Waals surface area contributed by atoms with Gasteiger partial charge in [0.15, 0.2) is 0 Å². The zero-order valence-corrected chi connectivity index (χ0v) is 19.4. The summed E-state index contributed by atoms with van der Waals surface area (Å²) in [6.07, 6.45) is 2.29. The summed E-state index contributed by atoms with van der Waals surface area (Å²) in [5, 5.41) is 2.81. The fraction of sp³-hybridized carbons (Fsp3) is 0.458. The number of rotatable bonds is 7. The number of amides is 1. The van der Waals surface area contributed by atoms with E-state index < -0.39 is 26.6 Å². The Hall–Kier alpha value is -2.33. The molecule has 2 aromatic carbocycles. The van der Waals surface area contributed by atoms with Crippen molar-refractivity contribution in [1.29, 1.82) is 0 Å². The first-order valence-corrected chi connectivity index (χ1v) is 12.8. The first-order chi connectivity index (χ1) is 15.9. The molecule has 2 aliphatic rings. The van der Waals surface area contributed by atoms with Gasteiger partial charge in [0.05, 0.1) is 12.7 Å². The molecular formula is C24H30FN3O4S. The van der Waals surface area contributed by atoms with Gasteiger partial charge in [0.2, 0.25) is 10.0 Å². The molecule has 2 heterocycles. The van der Waals surface area contributed by atoms with Crippen LogP contribution in [0.4, 0.5) is 4.39 Å². The Morgan fingerprint density at radius 2 is 1.82 bits per heavy atom. The summed E-state index contributed by atoms with van der Waals surface area (Å²) in [5.74, 6) is -1.29. The maximum Gasteiger partial charge on any atom is 0.251 e. The molecular weight excluding hydrogens is 445 g/mol. The van der Waals surface area contributed by atoms with E-state index in [4.69, 9.17) is 4.74 Å². The lowest BCUT2D eigenvalue weighted by Crippen LogP contribution is -2.47. The maximum absolute atomic E-state index is 14.4. The lowest BCUT2D eigenvalue weighted by molar-refractivity contribution is -0.0292. The van der Waals surface area contributed by atoms with Gasteiger partial charge in [-0.2, -0.15) is 4.31 Å². The van der Waals surface area contributed by atoms with Crippen molar-refractivity contribution < 1.29 is 22.3 Å². The van der Waals surface area contributed by atoms with E-state index in [1.54, 1.807) is 0 Å². The summed E-state index contributed by atoms with van der Waals surface area (Å²) in [6, 6.07) is 13.7. The van der Waals surface area contributed by atoms with Gasteiger partial charge >= 0.3 is 0 Å². The molecule has 2 aliphatic heterocycles. The van der Waals surface area contributed by atoms with Gasteiger partial charge in [0.1, 0.15) is 10.7 Å². The summed E-state index contributed by atoms with van der Waals surface area (Å²) in [5.41, 5.74) is 1.33. The normalized spacial score (nSPS) is 20.5. The summed E-state index contributed by atoms with van der Waals surface area (Å²) in [7, 11) is -3.97. The Morgan fingerprint density at radius 1 is 1.06 bits per heavy atom. The number of carbonyl (C=O) groups excluding carboxylic acids is 1. The third-order valence-corrected chi connectivity index (χ3v) is 8.00. The Bertz CT molecular complexity index is 1060. The van der Waals surface area contributed by atoms with Gasteiger partial charge in [-0.3, -0.25) is 9.69 Å². The molecule has 2 saturated heterocycles. The fourth-order valence-electron chi connectivity index (χ4n) is 4.28. The average molecular weight is 476 g/mol. The molecule has 0 spiro atoms. The second-order valence-electron chi connectivity index (χ2n) is 8.53. The summed E-state index contributed by atoms with van der Waals surface area (Å²) in [4.78, 5) is 14.5. The van der Waals surface area contributed by atoms with Crippen molar-refractivity contribution in [3.05, 3.63) is 65.5 Å². The molecule has 0 radical (unpaired) electrons. The van der Waals surface area contributed by atoms with Crippen LogP contribution in [-0.2, 0) is 21.3 Å². The van der Waals surface area contributed by atoms with E-state index in [-0.39, 0.29) is 18.2 Å². The number of nitrogens with one attached hydrogen (secondary N) is 1. The Balaban J connectivity index is 1.37. The Labute approximate surface area is 194 Å². The van der Waals surface area contributed by atoms with Crippen molar-refractivity contribution in [2.75, 3.05) is 39.3 Å². The van der Waals surface area contributed by atoms with Crippen LogP contribution in [0.3, 0.4) is 0 Å². The maximum atomic E-state index is 14.4. The van der Waals surface area contributed by atoms with Crippen LogP contribution in [0.25, 0.3) is 0 Å². The highest BCUT2D eigenvalue weighted by Crippen LogP contribution is 2.24. The van der Waals surface area contributed by atoms with Crippen LogP contribution in [0.2, 0.25) is 0 Å². The van der Waals surface area contributed by atoms with E-state index in [0.29, 0.717) is 26.2 Å². The topological polar surface area (TPSA) is 79.0 Å². The molecule has 1 N–H and O–H groups in total. The quantitative estimate of drug-likeness (QED) is 0.666. The van der Waals surface area contributed by atoms with Crippen LogP contribution in [-0.4, -0.2) is 69.0 Å². The molecule has 178 valence electrons. The summed E-state index contributed by atoms with van der Waals surface area (Å²) >= 11 is 0. The van der Waals surface area contributed by atoms with Gasteiger partial charge in [0.25, 0.3) is 5.91 Å². The minimum atomic E-state index is -3.97. The molecule has 0 bridgehead atoms. The van der Waals surface area contributed by atoms with Gasteiger partial charge in [-0.25, -0.2) is 12.8 Å². The van der Waals surface area contributed by atoms with E-state index in [1.165, 1.54) is 15.9 Å². The highest BCUT2D eigenvalue weighted by molar-refractivity contribution is 7.89. The number of morpholine rings is 1. The lowest BCUT2D eigenvalue weighted by atomic mass is 10.1. The highest BCUT2D eigenvalue weighted by Gasteiger charge is 2.29. The molecule has 0 aromatic heterocycles. The second kappa shape index (κ2) is 10.7. The van der Waals surface area contributed by atoms with Crippen LogP contribution in [0.15, 0.2) is 53.4 Å². The highest BCUT2D eigenvalue weighted by atomic mass is 32.2. The van der Waals surface area contributed by atoms with Crippen LogP contribution in [0, 0.1) is 5.82 Å². The van der Waals surface area contributed by atoms with Gasteiger partial charge in [-0.1, -0.05) is 36.8 Å². The van der Waals surface area contributed by atoms with E-state index in [1.807, 2.05) is 18.2 Å². The Morgan fingerprint density at radius 3 is 2.58 bits per heavy atom. The van der Waals surface area contributed by atoms with Crippen LogP contribution >= 0.6 is 0 Å². The van der Waals surface area contributed by atoms with Crippen molar-refractivity contribution in [3.8, 4) is 0 Å². The molecule has 7 nitrogen and oxygen atoms in total. The van der Waals surface area contributed by atoms with Crippen molar-refractivity contribution in [3.63, 3.8) is 0 Å². The van der Waals surface area contributed by atoms with E-state index in [2.05, 4.69) is 22.3 Å². The number of ether oxygens (including phenoxy) is 1. The molecule has 2 fully saturated rings. The zero-order chi connectivity index (χ0) is 23.3. The molecule has 33 heavy (non-hydrogen) atoms. The SMILES string of the molecule is O=C(NCC1CN(Cc2ccccc2)CCO1)c1ccc(F)c(S(=O)(=O)N2CCCCC2)c1. The van der Waals surface area contributed by atoms with Gasteiger partial charge in [-0.15, -0.1) is 0 Å². The third-order valence-electron chi connectivity index (χ3n) is 6.09. The van der Waals surface area contributed by atoms with Crippen LogP contribution in [0.5, 0.6) is 0 Å². The number of piperidine rings is 1. The third kappa shape index (κ3) is 5.97. The van der Waals surface area contributed by atoms with E-state index >= 15 is 0 Å². The second-order valence-corrected chi connectivity index (χ2v) is 10.4. The van der Waals surface area contributed by atoms with E-state index in [0.717, 1.165) is 44.5 Å². The Kier molecular flexibility index (Phi) is 7.75. The molecule has 0 aliphatic carbocycles. The first-order valence-electron chi connectivity index (χ1n) is 11.4. The van der Waals surface area contributed by atoms with Gasteiger partial charge in [-0.05, 0) is 36.6 Å². The molecule has 0 saturated carbocycles. The zero-order valence-electron chi connectivity index (χ0n) is 18.6. The van der Waals surface area contributed by atoms with Crippen molar-refractivity contribution in [2.24, 2.45) is 0 Å². The lowest BCUT2D eigenvalue weighted by Gasteiger charge is -2.33. The molecule has 1 unspecified atom stereocenters. The average Bonchev–Trinajstić information content (AvgIpc) is 2.84. The van der Waals surface area contributed by atoms with Crippen molar-refractivity contribution in [2.45, 2.75) is 36.8 Å². The summed E-state index contributed by atoms with van der Waals surface area (Å²) < 4.78 is 47.3. The largest absolute Gasteiger partial charge is 0.374 e. The predicted octanol–water partition coefficient (Wildman–Crippen LogP) is 2.63. The first kappa shape index (κ1) is 23.8. The number of carbonyl (C=O) groups is 1. The predicted molar refractivity (Wildman–Crippen MR) is 123 cm³/mol. The number of sulfonamides is 1. The van der Waals surface area contributed by atoms with Gasteiger partial charge in [0, 0.05) is 44.8 Å². The van der Waals surface area contributed by atoms with Crippen molar-refractivity contribution in [1.82, 2.24) is 14.5 Å². The van der Waals surface area contributed by atoms with Gasteiger partial charge < -0.3 is 10.1 Å². The minimum absolute atomic E-state index is 0.115. The summed E-state index contributed by atoms with van der Waals surface area (Å²) in [6.45, 7) is 3.90. The monoisotopic (exact) mass is 475 g/mol. The smallest absolute Gasteiger partial charge is 0.251 e. The number of nitrogens with zero attached hydrogens (tertiary/aromatic N) is 2. The van der Waals surface area contributed by atoms with Crippen LogP contribution < -0.4 is 5.32 Å². The molecule has 2 aromatic rings. The fourth-order valence-corrected chi connectivity index (χ4v) is 5.89. The number of halogens is 1. The molecule has 1 atom stereocenters. The number of hydrogen-bond acceptors (Lipinski definition) is 5. The van der Waals surface area contributed by atoms with Crippen LogP contribution in [0.1, 0.15) is 35.2 Å². The standard InChI is InChI=1S/C24H30FN3O4S/c25-22-10-9-20(15-23(22)33(30,31)28-11-5-2-6-12-28)24(29)26-16-21-18-27(13-14-32-21)17-19-7-3-1-4-8-19/h1,3-4,7-10,15,21H,2,5-6,11-14,16-18H2,(H,26,29). The molecule has 9 heteroatoms. The van der Waals surface area contributed by atoms with E-state index in [9.17, 15) is 17.6 Å². The molecule has 1 amide bonds. The van der Waals surface area contributed by atoms with Crippen molar-refractivity contribution >= 4 is 15.9 Å². The molecule has 4 rings (SSSR count). The number of hydrogen-bond donors (Lipinski definition) is 1. The number of benzene rings is 2. The minimum Gasteiger partial charge on any atom is -0.374 e.